The lowest BCUT2D eigenvalue weighted by atomic mass is 10.1. The van der Waals surface area contributed by atoms with Crippen molar-refractivity contribution in [3.8, 4) is 17.3 Å². The topological polar surface area (TPSA) is 36.2 Å². The Morgan fingerprint density at radius 3 is 1.73 bits per heavy atom. The molecule has 0 amide bonds. The number of rotatable bonds is 13. The first-order valence-electron chi connectivity index (χ1n) is 11.0. The number of nitrogens with zero attached hydrogens (tertiary/aromatic N) is 2. The number of aromatic nitrogens is 2. The van der Waals surface area contributed by atoms with Crippen LogP contribution in [0.15, 0.2) is 71.5 Å². The van der Waals surface area contributed by atoms with Crippen LogP contribution in [0.3, 0.4) is 0 Å². The molecule has 0 radical (unpaired) electrons. The number of benzene rings is 2. The van der Waals surface area contributed by atoms with Crippen molar-refractivity contribution >= 4 is 15.9 Å². The minimum absolute atomic E-state index is 0.0940. The van der Waals surface area contributed by atoms with Crippen molar-refractivity contribution in [2.24, 2.45) is 0 Å². The van der Waals surface area contributed by atoms with Crippen LogP contribution in [0.25, 0.3) is 11.4 Å². The molecule has 0 spiro atoms. The van der Waals surface area contributed by atoms with Gasteiger partial charge in [0.2, 0.25) is 5.88 Å². The summed E-state index contributed by atoms with van der Waals surface area (Å²) in [7, 11) is 0. The van der Waals surface area contributed by atoms with E-state index in [4.69, 9.17) is 4.74 Å². The van der Waals surface area contributed by atoms with Crippen LogP contribution in [0, 0.1) is 0 Å². The molecule has 4 nitrogen and oxygen atoms in total. The zero-order valence-corrected chi connectivity index (χ0v) is 19.1. The standard InChI is InChI=1S/C25H31BrN2O2/c26-19-13-5-3-1-2-4-6-14-20-30-25-21-24(29)27(22-15-9-7-10-16-22)28(25)23-17-11-8-12-18-23/h7-12,15-18,21H,1-6,13-14,19-20H2. The molecule has 5 heteroatoms. The first-order chi connectivity index (χ1) is 14.8. The van der Waals surface area contributed by atoms with E-state index in [9.17, 15) is 4.79 Å². The van der Waals surface area contributed by atoms with Gasteiger partial charge in [-0.1, -0.05) is 90.9 Å². The van der Waals surface area contributed by atoms with E-state index in [2.05, 4.69) is 15.9 Å². The van der Waals surface area contributed by atoms with Gasteiger partial charge in [0, 0.05) is 5.33 Å². The highest BCUT2D eigenvalue weighted by molar-refractivity contribution is 9.09. The van der Waals surface area contributed by atoms with Crippen molar-refractivity contribution in [3.63, 3.8) is 0 Å². The van der Waals surface area contributed by atoms with Crippen LogP contribution in [-0.4, -0.2) is 21.3 Å². The van der Waals surface area contributed by atoms with Gasteiger partial charge in [-0.25, -0.2) is 9.36 Å². The monoisotopic (exact) mass is 470 g/mol. The van der Waals surface area contributed by atoms with E-state index < -0.39 is 0 Å². The highest BCUT2D eigenvalue weighted by Gasteiger charge is 2.15. The molecule has 0 fully saturated rings. The molecule has 3 aromatic rings. The summed E-state index contributed by atoms with van der Waals surface area (Å²) in [6.07, 6.45) is 9.95. The highest BCUT2D eigenvalue weighted by atomic mass is 79.9. The molecule has 160 valence electrons. The van der Waals surface area contributed by atoms with Gasteiger partial charge in [-0.15, -0.1) is 0 Å². The van der Waals surface area contributed by atoms with Gasteiger partial charge >= 0.3 is 0 Å². The molecule has 0 bridgehead atoms. The molecule has 1 heterocycles. The fraction of sp³-hybridized carbons (Fsp3) is 0.400. The zero-order valence-electron chi connectivity index (χ0n) is 17.5. The van der Waals surface area contributed by atoms with Gasteiger partial charge < -0.3 is 4.74 Å². The maximum Gasteiger partial charge on any atom is 0.275 e. The lowest BCUT2D eigenvalue weighted by Gasteiger charge is -2.15. The second-order valence-corrected chi connectivity index (χ2v) is 8.27. The van der Waals surface area contributed by atoms with E-state index in [0.29, 0.717) is 12.5 Å². The Hall–Kier alpha value is -2.27. The summed E-state index contributed by atoms with van der Waals surface area (Å²) in [5.74, 6) is 0.588. The van der Waals surface area contributed by atoms with E-state index in [-0.39, 0.29) is 5.56 Å². The molecule has 0 aliphatic rings. The Balaban J connectivity index is 1.61. The second-order valence-electron chi connectivity index (χ2n) is 7.48. The number of ether oxygens (including phenoxy) is 1. The van der Waals surface area contributed by atoms with Crippen molar-refractivity contribution in [2.75, 3.05) is 11.9 Å². The Kier molecular flexibility index (Phi) is 9.29. The molecular weight excluding hydrogens is 440 g/mol. The number of unbranched alkanes of at least 4 members (excludes halogenated alkanes) is 7. The van der Waals surface area contributed by atoms with Gasteiger partial charge in [0.25, 0.3) is 5.56 Å². The van der Waals surface area contributed by atoms with Crippen LogP contribution < -0.4 is 10.3 Å². The van der Waals surface area contributed by atoms with Crippen molar-refractivity contribution in [3.05, 3.63) is 77.1 Å². The first-order valence-corrected chi connectivity index (χ1v) is 12.1. The maximum atomic E-state index is 12.8. The van der Waals surface area contributed by atoms with Gasteiger partial charge in [0.05, 0.1) is 24.0 Å². The van der Waals surface area contributed by atoms with Crippen LogP contribution in [-0.2, 0) is 0 Å². The summed E-state index contributed by atoms with van der Waals surface area (Å²) in [4.78, 5) is 12.8. The van der Waals surface area contributed by atoms with Crippen LogP contribution in [0.1, 0.15) is 51.4 Å². The molecule has 0 aliphatic heterocycles. The summed E-state index contributed by atoms with van der Waals surface area (Å²) in [5.41, 5.74) is 1.63. The number of alkyl halides is 1. The molecule has 30 heavy (non-hydrogen) atoms. The van der Waals surface area contributed by atoms with Crippen LogP contribution >= 0.6 is 15.9 Å². The van der Waals surface area contributed by atoms with Gasteiger partial charge in [0.1, 0.15) is 0 Å². The minimum atomic E-state index is -0.0940. The van der Waals surface area contributed by atoms with E-state index in [1.165, 1.54) is 38.5 Å². The summed E-state index contributed by atoms with van der Waals surface area (Å²) < 4.78 is 9.60. The van der Waals surface area contributed by atoms with E-state index in [1.54, 1.807) is 10.7 Å². The Labute approximate surface area is 187 Å². The maximum absolute atomic E-state index is 12.8. The summed E-state index contributed by atoms with van der Waals surface area (Å²) >= 11 is 3.48. The van der Waals surface area contributed by atoms with Crippen LogP contribution in [0.5, 0.6) is 5.88 Å². The molecular formula is C25H31BrN2O2. The molecule has 0 aliphatic carbocycles. The SMILES string of the molecule is O=c1cc(OCCCCCCCCCCBr)n(-c2ccccc2)n1-c1ccccc1. The number of hydrogen-bond donors (Lipinski definition) is 0. The van der Waals surface area contributed by atoms with Gasteiger partial charge in [-0.05, 0) is 37.1 Å². The molecule has 0 unspecified atom stereocenters. The number of halogens is 1. The van der Waals surface area contributed by atoms with Crippen molar-refractivity contribution in [1.82, 2.24) is 9.36 Å². The third-order valence-electron chi connectivity index (χ3n) is 5.14. The molecule has 3 rings (SSSR count). The molecule has 1 aromatic heterocycles. The van der Waals surface area contributed by atoms with Crippen molar-refractivity contribution in [2.45, 2.75) is 51.4 Å². The third-order valence-corrected chi connectivity index (χ3v) is 5.70. The Morgan fingerprint density at radius 1 is 0.667 bits per heavy atom. The van der Waals surface area contributed by atoms with E-state index in [0.717, 1.165) is 29.5 Å². The average molecular weight is 471 g/mol. The van der Waals surface area contributed by atoms with Gasteiger partial charge in [-0.2, -0.15) is 0 Å². The molecule has 0 atom stereocenters. The zero-order chi connectivity index (χ0) is 21.0. The lowest BCUT2D eigenvalue weighted by Crippen LogP contribution is -2.20. The second kappa shape index (κ2) is 12.4. The average Bonchev–Trinajstić information content (AvgIpc) is 3.12. The van der Waals surface area contributed by atoms with E-state index >= 15 is 0 Å². The number of hydrogen-bond acceptors (Lipinski definition) is 2. The summed E-state index contributed by atoms with van der Waals surface area (Å²) in [5, 5.41) is 1.12. The fourth-order valence-corrected chi connectivity index (χ4v) is 3.98. The summed E-state index contributed by atoms with van der Waals surface area (Å²) in [6, 6.07) is 21.2. The molecule has 0 saturated carbocycles. The van der Waals surface area contributed by atoms with Gasteiger partial charge in [-0.3, -0.25) is 4.79 Å². The third kappa shape index (κ3) is 6.36. The minimum Gasteiger partial charge on any atom is -0.478 e. The highest BCUT2D eigenvalue weighted by Crippen LogP contribution is 2.20. The predicted octanol–water partition coefficient (Wildman–Crippen LogP) is 6.52. The quantitative estimate of drug-likeness (QED) is 0.210. The van der Waals surface area contributed by atoms with E-state index in [1.807, 2.05) is 65.3 Å². The lowest BCUT2D eigenvalue weighted by molar-refractivity contribution is 0.282. The van der Waals surface area contributed by atoms with Crippen molar-refractivity contribution in [1.29, 1.82) is 0 Å². The van der Waals surface area contributed by atoms with Crippen LogP contribution in [0.2, 0.25) is 0 Å². The van der Waals surface area contributed by atoms with Crippen LogP contribution in [0.4, 0.5) is 0 Å². The normalized spacial score (nSPS) is 11.0. The Bertz CT molecular complexity index is 919. The molecule has 2 aromatic carbocycles. The summed E-state index contributed by atoms with van der Waals surface area (Å²) in [6.45, 7) is 0.620. The predicted molar refractivity (Wildman–Crippen MR) is 128 cm³/mol. The first kappa shape index (κ1) is 22.4. The van der Waals surface area contributed by atoms with Gasteiger partial charge in [0.15, 0.2) is 0 Å². The molecule has 0 N–H and O–H groups in total. The fourth-order valence-electron chi connectivity index (χ4n) is 3.59. The smallest absolute Gasteiger partial charge is 0.275 e. The Morgan fingerprint density at radius 2 is 1.17 bits per heavy atom. The number of para-hydroxylation sites is 2. The van der Waals surface area contributed by atoms with Crippen molar-refractivity contribution < 1.29 is 4.74 Å². The molecule has 0 saturated heterocycles. The largest absolute Gasteiger partial charge is 0.478 e.